The van der Waals surface area contributed by atoms with Crippen LogP contribution >= 0.6 is 0 Å². The molecule has 0 spiro atoms. The van der Waals surface area contributed by atoms with Crippen LogP contribution in [0.15, 0.2) is 36.5 Å². The first-order valence-electron chi connectivity index (χ1n) is 7.41. The van der Waals surface area contributed by atoms with Gasteiger partial charge in [0.25, 0.3) is 0 Å². The third kappa shape index (κ3) is 4.60. The number of hydrogen-bond donors (Lipinski definition) is 2. The van der Waals surface area contributed by atoms with Crippen LogP contribution in [-0.2, 0) is 4.79 Å². The van der Waals surface area contributed by atoms with Gasteiger partial charge >= 0.3 is 0 Å². The van der Waals surface area contributed by atoms with Crippen molar-refractivity contribution in [3.63, 3.8) is 0 Å². The van der Waals surface area contributed by atoms with Gasteiger partial charge in [-0.3, -0.25) is 4.79 Å². The Morgan fingerprint density at radius 1 is 1.17 bits per heavy atom. The molecule has 0 atom stereocenters. The minimum Gasteiger partial charge on any atom is -0.497 e. The molecule has 23 heavy (non-hydrogen) atoms. The molecule has 1 aromatic carbocycles. The first-order valence-corrected chi connectivity index (χ1v) is 7.41. The Morgan fingerprint density at radius 3 is 2.61 bits per heavy atom. The summed E-state index contributed by atoms with van der Waals surface area (Å²) in [5, 5.41) is 5.98. The van der Waals surface area contributed by atoms with Gasteiger partial charge in [0.2, 0.25) is 5.91 Å². The van der Waals surface area contributed by atoms with E-state index in [9.17, 15) is 4.79 Å². The quantitative estimate of drug-likeness (QED) is 0.817. The Morgan fingerprint density at radius 2 is 2.00 bits per heavy atom. The molecule has 2 rings (SSSR count). The third-order valence-electron chi connectivity index (χ3n) is 3.20. The van der Waals surface area contributed by atoms with Gasteiger partial charge in [0.15, 0.2) is 0 Å². The van der Waals surface area contributed by atoms with Crippen LogP contribution in [0.4, 0.5) is 17.2 Å². The van der Waals surface area contributed by atoms with Crippen molar-refractivity contribution in [3.8, 4) is 11.5 Å². The number of amides is 1. The topological polar surface area (TPSA) is 72.5 Å². The van der Waals surface area contributed by atoms with E-state index in [0.717, 1.165) is 12.1 Å². The number of nitrogens with zero attached hydrogens (tertiary/aromatic N) is 1. The van der Waals surface area contributed by atoms with Crippen LogP contribution < -0.4 is 20.1 Å². The van der Waals surface area contributed by atoms with E-state index in [1.54, 1.807) is 38.6 Å². The van der Waals surface area contributed by atoms with Crippen molar-refractivity contribution in [1.82, 2.24) is 4.98 Å². The van der Waals surface area contributed by atoms with E-state index < -0.39 is 0 Å². The molecule has 0 radical (unpaired) electrons. The summed E-state index contributed by atoms with van der Waals surface area (Å²) in [6.07, 6.45) is 2.94. The summed E-state index contributed by atoms with van der Waals surface area (Å²) in [6.45, 7) is 1.97. The van der Waals surface area contributed by atoms with E-state index in [-0.39, 0.29) is 5.91 Å². The summed E-state index contributed by atoms with van der Waals surface area (Å²) in [4.78, 5) is 15.8. The minimum atomic E-state index is -0.00756. The van der Waals surface area contributed by atoms with Crippen LogP contribution in [0.2, 0.25) is 0 Å². The molecule has 0 fully saturated rings. The Bertz CT molecular complexity index is 657. The average molecular weight is 315 g/mol. The highest BCUT2D eigenvalue weighted by molar-refractivity contribution is 5.90. The third-order valence-corrected chi connectivity index (χ3v) is 3.20. The number of benzene rings is 1. The molecule has 0 saturated carbocycles. The van der Waals surface area contributed by atoms with Crippen molar-refractivity contribution in [2.24, 2.45) is 0 Å². The van der Waals surface area contributed by atoms with Crippen molar-refractivity contribution in [2.75, 3.05) is 24.9 Å². The number of aromatic nitrogens is 1. The van der Waals surface area contributed by atoms with Gasteiger partial charge in [0.05, 0.1) is 31.8 Å². The first-order chi connectivity index (χ1) is 11.2. The van der Waals surface area contributed by atoms with E-state index in [1.165, 1.54) is 0 Å². The molecule has 0 bridgehead atoms. The van der Waals surface area contributed by atoms with Crippen molar-refractivity contribution in [3.05, 3.63) is 36.5 Å². The molecule has 0 aliphatic rings. The van der Waals surface area contributed by atoms with E-state index in [1.807, 2.05) is 19.1 Å². The largest absolute Gasteiger partial charge is 0.497 e. The number of anilines is 3. The van der Waals surface area contributed by atoms with E-state index in [2.05, 4.69) is 15.6 Å². The van der Waals surface area contributed by atoms with Crippen LogP contribution in [0.5, 0.6) is 11.5 Å². The van der Waals surface area contributed by atoms with E-state index in [4.69, 9.17) is 9.47 Å². The predicted octanol–water partition coefficient (Wildman–Crippen LogP) is 3.58. The number of pyridine rings is 1. The maximum Gasteiger partial charge on any atom is 0.224 e. The van der Waals surface area contributed by atoms with E-state index in [0.29, 0.717) is 29.4 Å². The highest BCUT2D eigenvalue weighted by Crippen LogP contribution is 2.31. The van der Waals surface area contributed by atoms with Gasteiger partial charge in [-0.1, -0.05) is 6.92 Å². The highest BCUT2D eigenvalue weighted by atomic mass is 16.5. The Hall–Kier alpha value is -2.76. The molecule has 6 heteroatoms. The predicted molar refractivity (Wildman–Crippen MR) is 90.6 cm³/mol. The molecule has 2 aromatic rings. The van der Waals surface area contributed by atoms with Gasteiger partial charge in [-0.25, -0.2) is 4.98 Å². The Balaban J connectivity index is 2.07. The molecule has 0 aliphatic carbocycles. The molecule has 1 aromatic heterocycles. The fourth-order valence-corrected chi connectivity index (χ4v) is 2.03. The van der Waals surface area contributed by atoms with Gasteiger partial charge < -0.3 is 20.1 Å². The standard InChI is InChI=1S/C17H21N3O3/c1-4-5-17(21)19-12-6-9-16(18-11-12)20-14-8-7-13(22-2)10-15(14)23-3/h6-11H,4-5H2,1-3H3,(H,18,20)(H,19,21). The highest BCUT2D eigenvalue weighted by Gasteiger charge is 2.06. The van der Waals surface area contributed by atoms with Crippen molar-refractivity contribution >= 4 is 23.1 Å². The summed E-state index contributed by atoms with van der Waals surface area (Å²) in [5.41, 5.74) is 1.46. The van der Waals surface area contributed by atoms with Gasteiger partial charge in [-0.15, -0.1) is 0 Å². The second-order valence-corrected chi connectivity index (χ2v) is 4.92. The van der Waals surface area contributed by atoms with Gasteiger partial charge in [-0.05, 0) is 30.7 Å². The van der Waals surface area contributed by atoms with Crippen LogP contribution in [0.25, 0.3) is 0 Å². The number of rotatable bonds is 7. The Kier molecular flexibility index (Phi) is 5.80. The zero-order valence-electron chi connectivity index (χ0n) is 13.6. The monoisotopic (exact) mass is 315 g/mol. The minimum absolute atomic E-state index is 0.00756. The lowest BCUT2D eigenvalue weighted by Crippen LogP contribution is -2.10. The molecule has 6 nitrogen and oxygen atoms in total. The van der Waals surface area contributed by atoms with Crippen LogP contribution in [0, 0.1) is 0 Å². The second-order valence-electron chi connectivity index (χ2n) is 4.92. The summed E-state index contributed by atoms with van der Waals surface area (Å²) in [7, 11) is 3.20. The molecule has 1 heterocycles. The number of hydrogen-bond acceptors (Lipinski definition) is 5. The number of carbonyl (C=O) groups excluding carboxylic acids is 1. The molecular formula is C17H21N3O3. The molecule has 122 valence electrons. The fraction of sp³-hybridized carbons (Fsp3) is 0.294. The second kappa shape index (κ2) is 8.03. The molecule has 2 N–H and O–H groups in total. The SMILES string of the molecule is CCCC(=O)Nc1ccc(Nc2ccc(OC)cc2OC)nc1. The average Bonchev–Trinajstić information content (AvgIpc) is 2.57. The van der Waals surface area contributed by atoms with E-state index >= 15 is 0 Å². The van der Waals surface area contributed by atoms with Crippen LogP contribution in [0.3, 0.4) is 0 Å². The smallest absolute Gasteiger partial charge is 0.224 e. The van der Waals surface area contributed by atoms with Crippen LogP contribution in [0.1, 0.15) is 19.8 Å². The number of methoxy groups -OCH3 is 2. The summed E-state index contributed by atoms with van der Waals surface area (Å²) in [6, 6.07) is 9.09. The maximum atomic E-state index is 11.5. The zero-order chi connectivity index (χ0) is 16.7. The molecule has 0 unspecified atom stereocenters. The van der Waals surface area contributed by atoms with Crippen molar-refractivity contribution < 1.29 is 14.3 Å². The van der Waals surface area contributed by atoms with Crippen molar-refractivity contribution in [2.45, 2.75) is 19.8 Å². The molecule has 0 saturated heterocycles. The number of carbonyl (C=O) groups is 1. The summed E-state index contributed by atoms with van der Waals surface area (Å²) < 4.78 is 10.5. The summed E-state index contributed by atoms with van der Waals surface area (Å²) in [5.74, 6) is 2.02. The normalized spacial score (nSPS) is 10.0. The first kappa shape index (κ1) is 16.6. The lowest BCUT2D eigenvalue weighted by atomic mass is 10.2. The lowest BCUT2D eigenvalue weighted by Gasteiger charge is -2.12. The molecular weight excluding hydrogens is 294 g/mol. The fourth-order valence-electron chi connectivity index (χ4n) is 2.03. The van der Waals surface area contributed by atoms with Gasteiger partial charge in [-0.2, -0.15) is 0 Å². The number of nitrogens with one attached hydrogen (secondary N) is 2. The van der Waals surface area contributed by atoms with Gasteiger partial charge in [0.1, 0.15) is 17.3 Å². The Labute approximate surface area is 135 Å². The zero-order valence-corrected chi connectivity index (χ0v) is 13.6. The maximum absolute atomic E-state index is 11.5. The lowest BCUT2D eigenvalue weighted by molar-refractivity contribution is -0.116. The van der Waals surface area contributed by atoms with Crippen molar-refractivity contribution in [1.29, 1.82) is 0 Å². The number of ether oxygens (including phenoxy) is 2. The van der Waals surface area contributed by atoms with Crippen LogP contribution in [-0.4, -0.2) is 25.1 Å². The summed E-state index contributed by atoms with van der Waals surface area (Å²) >= 11 is 0. The molecule has 1 amide bonds. The molecule has 0 aliphatic heterocycles. The van der Waals surface area contributed by atoms with Gasteiger partial charge in [0, 0.05) is 12.5 Å².